The first-order chi connectivity index (χ1) is 13.0. The number of halogens is 1. The monoisotopic (exact) mass is 387 g/mol. The first kappa shape index (κ1) is 19.2. The van der Waals surface area contributed by atoms with E-state index in [0.29, 0.717) is 24.7 Å². The Hall–Kier alpha value is -2.60. The van der Waals surface area contributed by atoms with Crippen LogP contribution in [0.3, 0.4) is 0 Å². The molecule has 1 fully saturated rings. The lowest BCUT2D eigenvalue weighted by Gasteiger charge is -2.32. The first-order valence-corrected chi connectivity index (χ1v) is 9.38. The van der Waals surface area contributed by atoms with Crippen molar-refractivity contribution in [2.45, 2.75) is 25.7 Å². The van der Waals surface area contributed by atoms with Gasteiger partial charge < -0.3 is 15.2 Å². The summed E-state index contributed by atoms with van der Waals surface area (Å²) in [7, 11) is 0. The Kier molecular flexibility index (Phi) is 6.29. The molecule has 2 aromatic rings. The zero-order chi connectivity index (χ0) is 19.2. The Morgan fingerprint density at radius 3 is 2.44 bits per heavy atom. The van der Waals surface area contributed by atoms with Crippen LogP contribution in [0.2, 0.25) is 5.02 Å². The van der Waals surface area contributed by atoms with E-state index in [2.05, 4.69) is 10.3 Å². The molecule has 27 heavy (non-hydrogen) atoms. The van der Waals surface area contributed by atoms with Gasteiger partial charge in [0.1, 0.15) is 6.42 Å². The maximum Gasteiger partial charge on any atom is 0.248 e. The van der Waals surface area contributed by atoms with Gasteiger partial charge in [0.25, 0.3) is 0 Å². The van der Waals surface area contributed by atoms with Gasteiger partial charge in [0, 0.05) is 30.4 Å². The first-order valence-electron chi connectivity index (χ1n) is 9.00. The lowest BCUT2D eigenvalue weighted by Crippen LogP contribution is -2.40. The van der Waals surface area contributed by atoms with E-state index in [-0.39, 0.29) is 23.8 Å². The number of carbonyl (C=O) groups excluding carboxylic acids is 2. The number of likely N-dealkylation sites (tertiary alicyclic amines) is 1. The van der Waals surface area contributed by atoms with Crippen LogP contribution < -0.4 is 10.9 Å². The van der Waals surface area contributed by atoms with Crippen molar-refractivity contribution in [2.75, 3.05) is 18.4 Å². The van der Waals surface area contributed by atoms with Gasteiger partial charge >= 0.3 is 0 Å². The minimum Gasteiger partial charge on any atom is -0.342 e. The molecule has 142 valence electrons. The summed E-state index contributed by atoms with van der Waals surface area (Å²) in [6.07, 6.45) is 4.05. The van der Waals surface area contributed by atoms with E-state index in [1.807, 2.05) is 24.3 Å². The zero-order valence-electron chi connectivity index (χ0n) is 14.9. The summed E-state index contributed by atoms with van der Waals surface area (Å²) < 4.78 is 0. The largest absolute Gasteiger partial charge is 0.342 e. The highest BCUT2D eigenvalue weighted by Gasteiger charge is 2.24. The summed E-state index contributed by atoms with van der Waals surface area (Å²) in [6.45, 7) is 1.34. The molecular weight excluding hydrogens is 366 g/mol. The Bertz CT molecular complexity index is 835. The SMILES string of the molecule is O=C(CC(=O)N1CCC(Cc2ccc(Cl)cc2)CC1)Nc1ccc(=O)[nH]c1. The van der Waals surface area contributed by atoms with Crippen LogP contribution in [0.1, 0.15) is 24.8 Å². The molecule has 2 N–H and O–H groups in total. The number of hydrogen-bond donors (Lipinski definition) is 2. The summed E-state index contributed by atoms with van der Waals surface area (Å²) in [5, 5.41) is 3.35. The molecule has 1 aromatic heterocycles. The van der Waals surface area contributed by atoms with Crippen molar-refractivity contribution in [2.24, 2.45) is 5.92 Å². The summed E-state index contributed by atoms with van der Waals surface area (Å²) in [4.78, 5) is 39.6. The number of amides is 2. The highest BCUT2D eigenvalue weighted by Crippen LogP contribution is 2.23. The summed E-state index contributed by atoms with van der Waals surface area (Å²) in [5.74, 6) is -0.0117. The van der Waals surface area contributed by atoms with Crippen LogP contribution in [0.25, 0.3) is 0 Å². The minimum atomic E-state index is -0.379. The fraction of sp³-hybridized carbons (Fsp3) is 0.350. The van der Waals surface area contributed by atoms with E-state index in [1.165, 1.54) is 23.9 Å². The van der Waals surface area contributed by atoms with Crippen LogP contribution in [0, 0.1) is 5.92 Å². The van der Waals surface area contributed by atoms with E-state index in [0.717, 1.165) is 24.3 Å². The van der Waals surface area contributed by atoms with Gasteiger partial charge in [0.15, 0.2) is 0 Å². The third kappa shape index (κ3) is 5.69. The number of pyridine rings is 1. The van der Waals surface area contributed by atoms with Gasteiger partial charge in [-0.2, -0.15) is 0 Å². The molecule has 6 nitrogen and oxygen atoms in total. The van der Waals surface area contributed by atoms with Gasteiger partial charge in [-0.25, -0.2) is 0 Å². The second-order valence-corrected chi connectivity index (χ2v) is 7.26. The molecule has 0 aliphatic carbocycles. The van der Waals surface area contributed by atoms with Crippen LogP contribution in [-0.4, -0.2) is 34.8 Å². The molecule has 1 aromatic carbocycles. The third-order valence-electron chi connectivity index (χ3n) is 4.78. The van der Waals surface area contributed by atoms with E-state index in [4.69, 9.17) is 11.6 Å². The molecule has 0 unspecified atom stereocenters. The van der Waals surface area contributed by atoms with Crippen LogP contribution >= 0.6 is 11.6 Å². The number of benzene rings is 1. The zero-order valence-corrected chi connectivity index (χ0v) is 15.7. The van der Waals surface area contributed by atoms with Crippen molar-refractivity contribution in [3.8, 4) is 0 Å². The normalized spacial score (nSPS) is 14.8. The van der Waals surface area contributed by atoms with Crippen molar-refractivity contribution in [1.82, 2.24) is 9.88 Å². The van der Waals surface area contributed by atoms with Gasteiger partial charge in [0.2, 0.25) is 17.4 Å². The molecule has 0 bridgehead atoms. The van der Waals surface area contributed by atoms with Crippen LogP contribution in [0.4, 0.5) is 5.69 Å². The number of carbonyl (C=O) groups is 2. The molecule has 2 heterocycles. The van der Waals surface area contributed by atoms with Crippen molar-refractivity contribution in [1.29, 1.82) is 0 Å². The van der Waals surface area contributed by atoms with Gasteiger partial charge in [-0.15, -0.1) is 0 Å². The van der Waals surface area contributed by atoms with Gasteiger partial charge in [-0.3, -0.25) is 14.4 Å². The average Bonchev–Trinajstić information content (AvgIpc) is 2.66. The average molecular weight is 388 g/mol. The Balaban J connectivity index is 1.43. The maximum atomic E-state index is 12.3. The van der Waals surface area contributed by atoms with E-state index in [9.17, 15) is 14.4 Å². The maximum absolute atomic E-state index is 12.3. The number of H-pyrrole nitrogens is 1. The summed E-state index contributed by atoms with van der Waals surface area (Å²) in [5.41, 5.74) is 1.48. The highest BCUT2D eigenvalue weighted by molar-refractivity contribution is 6.30. The predicted octanol–water partition coefficient (Wildman–Crippen LogP) is 2.84. The fourth-order valence-electron chi connectivity index (χ4n) is 3.28. The van der Waals surface area contributed by atoms with Gasteiger partial charge in [-0.1, -0.05) is 23.7 Å². The topological polar surface area (TPSA) is 82.3 Å². The van der Waals surface area contributed by atoms with E-state index in [1.54, 1.807) is 4.90 Å². The Morgan fingerprint density at radius 2 is 1.81 bits per heavy atom. The van der Waals surface area contributed by atoms with Crippen LogP contribution in [0.15, 0.2) is 47.4 Å². The molecule has 3 rings (SSSR count). The molecule has 1 saturated heterocycles. The lowest BCUT2D eigenvalue weighted by atomic mass is 9.90. The molecule has 0 spiro atoms. The lowest BCUT2D eigenvalue weighted by molar-refractivity contribution is -0.135. The molecular formula is C20H22ClN3O3. The molecule has 2 amide bonds. The number of hydrogen-bond acceptors (Lipinski definition) is 3. The second-order valence-electron chi connectivity index (χ2n) is 6.82. The van der Waals surface area contributed by atoms with Crippen LogP contribution in [0.5, 0.6) is 0 Å². The van der Waals surface area contributed by atoms with Crippen LogP contribution in [-0.2, 0) is 16.0 Å². The van der Waals surface area contributed by atoms with Crippen molar-refractivity contribution < 1.29 is 9.59 Å². The Labute approximate surface area is 162 Å². The smallest absolute Gasteiger partial charge is 0.248 e. The number of nitrogens with zero attached hydrogens (tertiary/aromatic N) is 1. The minimum absolute atomic E-state index is 0.165. The summed E-state index contributed by atoms with van der Waals surface area (Å²) >= 11 is 5.92. The summed E-state index contributed by atoms with van der Waals surface area (Å²) in [6, 6.07) is 10.7. The standard InChI is InChI=1S/C20H22ClN3O3/c21-16-3-1-14(2-4-16)11-15-7-9-24(10-8-15)20(27)12-19(26)23-17-5-6-18(25)22-13-17/h1-6,13,15H,7-12H2,(H,22,25)(H,23,26). The number of anilines is 1. The molecule has 1 aliphatic rings. The highest BCUT2D eigenvalue weighted by atomic mass is 35.5. The molecule has 7 heteroatoms. The number of aromatic amines is 1. The molecule has 0 radical (unpaired) electrons. The van der Waals surface area contributed by atoms with Crippen molar-refractivity contribution in [3.63, 3.8) is 0 Å². The number of rotatable bonds is 5. The predicted molar refractivity (Wildman–Crippen MR) is 105 cm³/mol. The van der Waals surface area contributed by atoms with E-state index >= 15 is 0 Å². The Morgan fingerprint density at radius 1 is 1.11 bits per heavy atom. The number of nitrogens with one attached hydrogen (secondary N) is 2. The van der Waals surface area contributed by atoms with Gasteiger partial charge in [-0.05, 0) is 48.9 Å². The molecule has 0 atom stereocenters. The number of piperidine rings is 1. The third-order valence-corrected chi connectivity index (χ3v) is 5.04. The molecule has 1 aliphatic heterocycles. The van der Waals surface area contributed by atoms with E-state index < -0.39 is 0 Å². The fourth-order valence-corrected chi connectivity index (χ4v) is 3.41. The second kappa shape index (κ2) is 8.86. The van der Waals surface area contributed by atoms with Crippen molar-refractivity contribution in [3.05, 3.63) is 63.5 Å². The number of aromatic nitrogens is 1. The van der Waals surface area contributed by atoms with Crippen molar-refractivity contribution >= 4 is 29.1 Å². The van der Waals surface area contributed by atoms with Gasteiger partial charge in [0.05, 0.1) is 5.69 Å². The molecule has 0 saturated carbocycles. The quantitative estimate of drug-likeness (QED) is 0.774.